The van der Waals surface area contributed by atoms with Crippen molar-refractivity contribution < 1.29 is 28.3 Å². The van der Waals surface area contributed by atoms with E-state index in [1.807, 2.05) is 30.3 Å². The van der Waals surface area contributed by atoms with Crippen molar-refractivity contribution >= 4 is 34.5 Å². The summed E-state index contributed by atoms with van der Waals surface area (Å²) < 4.78 is 17.4. The van der Waals surface area contributed by atoms with E-state index >= 15 is 0 Å². The van der Waals surface area contributed by atoms with Gasteiger partial charge in [0.2, 0.25) is 0 Å². The Morgan fingerprint density at radius 3 is 2.36 bits per heavy atom. The average Bonchev–Trinajstić information content (AvgIpc) is 3.02. The largest absolute Gasteiger partial charge is 0.458 e. The lowest BCUT2D eigenvalue weighted by Crippen LogP contribution is -2.36. The van der Waals surface area contributed by atoms with Crippen molar-refractivity contribution in [3.63, 3.8) is 0 Å². The highest BCUT2D eigenvalue weighted by Gasteiger charge is 2.34. The molecule has 8 heteroatoms. The van der Waals surface area contributed by atoms with Crippen molar-refractivity contribution in [1.29, 1.82) is 0 Å². The summed E-state index contributed by atoms with van der Waals surface area (Å²) in [6, 6.07) is 20.4. The summed E-state index contributed by atoms with van der Waals surface area (Å²) in [5.74, 6) is -0.472. The second-order valence-corrected chi connectivity index (χ2v) is 11.9. The molecule has 1 aliphatic carbocycles. The van der Waals surface area contributed by atoms with E-state index in [4.69, 9.17) is 13.9 Å². The molecule has 1 amide bonds. The molecule has 4 aromatic rings. The van der Waals surface area contributed by atoms with Crippen molar-refractivity contribution in [2.45, 2.75) is 53.1 Å². The molecule has 0 radical (unpaired) electrons. The van der Waals surface area contributed by atoms with Crippen molar-refractivity contribution in [3.05, 3.63) is 99.7 Å². The number of nitrogens with one attached hydrogen (secondary N) is 1. The van der Waals surface area contributed by atoms with Crippen LogP contribution < -0.4 is 10.7 Å². The number of carbonyl (C=O) groups excluding carboxylic acids is 3. The quantitative estimate of drug-likeness (QED) is 0.215. The first-order valence-corrected chi connectivity index (χ1v) is 15.0. The Kier molecular flexibility index (Phi) is 9.28. The van der Waals surface area contributed by atoms with Gasteiger partial charge in [0.15, 0.2) is 17.6 Å². The van der Waals surface area contributed by atoms with E-state index < -0.39 is 24.5 Å². The Morgan fingerprint density at radius 2 is 1.61 bits per heavy atom. The molecule has 1 heterocycles. The van der Waals surface area contributed by atoms with Crippen molar-refractivity contribution in [1.82, 2.24) is 0 Å². The minimum atomic E-state index is -0.824. The first-order valence-electron chi connectivity index (χ1n) is 15.0. The van der Waals surface area contributed by atoms with Crippen LogP contribution in [0.25, 0.3) is 22.3 Å². The third-order valence-electron chi connectivity index (χ3n) is 8.38. The molecule has 5 rings (SSSR count). The Morgan fingerprint density at radius 1 is 0.909 bits per heavy atom. The van der Waals surface area contributed by atoms with Crippen LogP contribution in [0.1, 0.15) is 66.3 Å². The van der Waals surface area contributed by atoms with Gasteiger partial charge in [-0.25, -0.2) is 9.59 Å². The summed E-state index contributed by atoms with van der Waals surface area (Å²) >= 11 is 0. The number of amides is 1. The smallest absolute Gasteiger partial charge is 0.342 e. The average molecular weight is 596 g/mol. The molecule has 3 unspecified atom stereocenters. The highest BCUT2D eigenvalue weighted by atomic mass is 16.5. The van der Waals surface area contributed by atoms with Gasteiger partial charge in [0.1, 0.15) is 17.4 Å². The SMILES string of the molecule is Cc1c(-c2ccccc2)oc2c(C(=O)OCC(=O)Nc3ccccc3C(=O)OC3CC(C)CCC3C(C)C)cccc2c1=O. The highest BCUT2D eigenvalue weighted by Crippen LogP contribution is 2.36. The number of carbonyl (C=O) groups is 3. The number of rotatable bonds is 8. The lowest BCUT2D eigenvalue weighted by molar-refractivity contribution is -0.119. The summed E-state index contributed by atoms with van der Waals surface area (Å²) in [5.41, 5.74) is 1.45. The zero-order valence-corrected chi connectivity index (χ0v) is 25.4. The number of fused-ring (bicyclic) bond motifs is 1. The van der Waals surface area contributed by atoms with Crippen molar-refractivity contribution in [2.75, 3.05) is 11.9 Å². The fraction of sp³-hybridized carbons (Fsp3) is 0.333. The van der Waals surface area contributed by atoms with Gasteiger partial charge >= 0.3 is 11.9 Å². The van der Waals surface area contributed by atoms with E-state index in [2.05, 4.69) is 26.1 Å². The number of para-hydroxylation sites is 2. The summed E-state index contributed by atoms with van der Waals surface area (Å²) in [5, 5.41) is 2.91. The standard InChI is InChI=1S/C36H37NO7/c1-21(2)25-18-17-22(3)19-30(25)43-36(41)26-13-8-9-16-29(26)37-31(38)20-42-35(40)28-15-10-14-27-32(39)23(4)33(44-34(27)28)24-11-6-5-7-12-24/h5-16,21-22,25,30H,17-20H2,1-4H3,(H,37,38). The van der Waals surface area contributed by atoms with Crippen LogP contribution in [-0.4, -0.2) is 30.6 Å². The second-order valence-electron chi connectivity index (χ2n) is 11.9. The van der Waals surface area contributed by atoms with E-state index in [0.29, 0.717) is 28.7 Å². The third kappa shape index (κ3) is 6.59. The number of esters is 2. The summed E-state index contributed by atoms with van der Waals surface area (Å²) in [4.78, 5) is 52.4. The maximum absolute atomic E-state index is 13.3. The monoisotopic (exact) mass is 595 g/mol. The fourth-order valence-corrected chi connectivity index (χ4v) is 5.95. The van der Waals surface area contributed by atoms with Gasteiger partial charge in [-0.05, 0) is 61.8 Å². The van der Waals surface area contributed by atoms with Crippen molar-refractivity contribution in [2.24, 2.45) is 17.8 Å². The maximum atomic E-state index is 13.3. The fourth-order valence-electron chi connectivity index (χ4n) is 5.95. The Bertz CT molecular complexity index is 1740. The zero-order valence-electron chi connectivity index (χ0n) is 25.4. The number of anilines is 1. The van der Waals surface area contributed by atoms with E-state index in [0.717, 1.165) is 19.3 Å². The van der Waals surface area contributed by atoms with Gasteiger partial charge < -0.3 is 19.2 Å². The van der Waals surface area contributed by atoms with Crippen LogP contribution in [0.15, 0.2) is 82.0 Å². The molecule has 1 aliphatic rings. The molecular formula is C36H37NO7. The normalized spacial score (nSPS) is 18.2. The maximum Gasteiger partial charge on any atom is 0.342 e. The minimum Gasteiger partial charge on any atom is -0.458 e. The predicted molar refractivity (Wildman–Crippen MR) is 169 cm³/mol. The molecule has 0 aliphatic heterocycles. The molecule has 3 aromatic carbocycles. The molecule has 0 spiro atoms. The van der Waals surface area contributed by atoms with Gasteiger partial charge in [0.05, 0.1) is 16.6 Å². The zero-order chi connectivity index (χ0) is 31.4. The number of ether oxygens (including phenoxy) is 2. The van der Waals surface area contributed by atoms with Crippen LogP contribution in [0.2, 0.25) is 0 Å². The minimum absolute atomic E-state index is 0.0231. The van der Waals surface area contributed by atoms with Gasteiger partial charge in [-0.2, -0.15) is 0 Å². The van der Waals surface area contributed by atoms with Crippen LogP contribution in [0.4, 0.5) is 5.69 Å². The van der Waals surface area contributed by atoms with Crippen LogP contribution in [0, 0.1) is 24.7 Å². The lowest BCUT2D eigenvalue weighted by atomic mass is 9.75. The molecule has 1 saturated carbocycles. The molecule has 3 atom stereocenters. The van der Waals surface area contributed by atoms with Gasteiger partial charge in [0, 0.05) is 11.1 Å². The molecular weight excluding hydrogens is 558 g/mol. The van der Waals surface area contributed by atoms with Crippen molar-refractivity contribution in [3.8, 4) is 11.3 Å². The van der Waals surface area contributed by atoms with Crippen LogP contribution in [-0.2, 0) is 14.3 Å². The van der Waals surface area contributed by atoms with Gasteiger partial charge in [0.25, 0.3) is 5.91 Å². The van der Waals surface area contributed by atoms with E-state index in [9.17, 15) is 19.2 Å². The van der Waals surface area contributed by atoms with E-state index in [1.54, 1.807) is 43.3 Å². The molecule has 8 nitrogen and oxygen atoms in total. The Labute approximate surface area is 256 Å². The second kappa shape index (κ2) is 13.3. The molecule has 44 heavy (non-hydrogen) atoms. The Balaban J connectivity index is 1.29. The summed E-state index contributed by atoms with van der Waals surface area (Å²) in [7, 11) is 0. The summed E-state index contributed by atoms with van der Waals surface area (Å²) in [6.45, 7) is 7.52. The van der Waals surface area contributed by atoms with Crippen LogP contribution in [0.5, 0.6) is 0 Å². The third-order valence-corrected chi connectivity index (χ3v) is 8.38. The van der Waals surface area contributed by atoms with Gasteiger partial charge in [-0.3, -0.25) is 9.59 Å². The first kappa shape index (κ1) is 30.7. The first-order chi connectivity index (χ1) is 21.1. The molecule has 1 aromatic heterocycles. The topological polar surface area (TPSA) is 112 Å². The molecule has 1 N–H and O–H groups in total. The number of hydrogen-bond donors (Lipinski definition) is 1. The summed E-state index contributed by atoms with van der Waals surface area (Å²) in [6.07, 6.45) is 2.73. The van der Waals surface area contributed by atoms with Gasteiger partial charge in [-0.1, -0.05) is 75.7 Å². The molecule has 0 saturated heterocycles. The lowest BCUT2D eigenvalue weighted by Gasteiger charge is -2.36. The number of hydrogen-bond acceptors (Lipinski definition) is 7. The van der Waals surface area contributed by atoms with E-state index in [1.165, 1.54) is 6.07 Å². The van der Waals surface area contributed by atoms with E-state index in [-0.39, 0.29) is 45.2 Å². The molecule has 1 fully saturated rings. The predicted octanol–water partition coefficient (Wildman–Crippen LogP) is 7.18. The van der Waals surface area contributed by atoms with Crippen LogP contribution in [0.3, 0.4) is 0 Å². The Hall–Kier alpha value is -4.72. The van der Waals surface area contributed by atoms with Gasteiger partial charge in [-0.15, -0.1) is 0 Å². The molecule has 0 bridgehead atoms. The molecule has 228 valence electrons. The highest BCUT2D eigenvalue weighted by molar-refractivity contribution is 6.05. The number of benzene rings is 3. The van der Waals surface area contributed by atoms with Crippen LogP contribution >= 0.6 is 0 Å².